The molecule has 15 heavy (non-hydrogen) atoms. The van der Waals surface area contributed by atoms with Crippen LogP contribution in [0, 0.1) is 5.41 Å². The van der Waals surface area contributed by atoms with Gasteiger partial charge in [0.05, 0.1) is 6.61 Å². The molecule has 2 rings (SSSR count). The highest BCUT2D eigenvalue weighted by Gasteiger charge is 2.28. The topological polar surface area (TPSA) is 21.3 Å². The van der Waals surface area contributed by atoms with Crippen molar-refractivity contribution in [2.24, 2.45) is 5.41 Å². The smallest absolute Gasteiger partial charge is 0.0619 e. The van der Waals surface area contributed by atoms with E-state index in [1.165, 1.54) is 38.5 Å². The molecule has 2 heteroatoms. The minimum absolute atomic E-state index is 0.585. The average Bonchev–Trinajstić information content (AvgIpc) is 2.23. The summed E-state index contributed by atoms with van der Waals surface area (Å²) in [6, 6.07) is 1.38. The maximum atomic E-state index is 5.50. The molecule has 1 unspecified atom stereocenters. The van der Waals surface area contributed by atoms with Crippen molar-refractivity contribution >= 4 is 0 Å². The Morgan fingerprint density at radius 2 is 1.80 bits per heavy atom. The molecule has 0 amide bonds. The lowest BCUT2D eigenvalue weighted by Crippen LogP contribution is -2.45. The SMILES string of the molecule is CC1(C)CCC(NC2CCCOC2)CC1. The molecule has 0 aromatic heterocycles. The monoisotopic (exact) mass is 211 g/mol. The Morgan fingerprint density at radius 1 is 1.07 bits per heavy atom. The second-order valence-electron chi connectivity index (χ2n) is 6.02. The minimum atomic E-state index is 0.585. The Balaban J connectivity index is 1.71. The van der Waals surface area contributed by atoms with Crippen LogP contribution in [0.2, 0.25) is 0 Å². The van der Waals surface area contributed by atoms with Crippen LogP contribution >= 0.6 is 0 Å². The molecule has 88 valence electrons. The van der Waals surface area contributed by atoms with Gasteiger partial charge in [0.1, 0.15) is 0 Å². The van der Waals surface area contributed by atoms with Gasteiger partial charge in [0.25, 0.3) is 0 Å². The third-order valence-electron chi connectivity index (χ3n) is 3.97. The van der Waals surface area contributed by atoms with E-state index in [1.807, 2.05) is 0 Å². The van der Waals surface area contributed by atoms with Crippen LogP contribution in [0.1, 0.15) is 52.4 Å². The van der Waals surface area contributed by atoms with Crippen molar-refractivity contribution < 1.29 is 4.74 Å². The lowest BCUT2D eigenvalue weighted by molar-refractivity contribution is 0.0610. The van der Waals surface area contributed by atoms with Gasteiger partial charge in [-0.3, -0.25) is 0 Å². The van der Waals surface area contributed by atoms with Gasteiger partial charge in [0.2, 0.25) is 0 Å². The number of hydrogen-bond donors (Lipinski definition) is 1. The zero-order valence-electron chi connectivity index (χ0n) is 10.2. The summed E-state index contributed by atoms with van der Waals surface area (Å²) in [5.41, 5.74) is 0.585. The highest BCUT2D eigenvalue weighted by molar-refractivity contribution is 4.84. The van der Waals surface area contributed by atoms with Gasteiger partial charge in [-0.15, -0.1) is 0 Å². The predicted octanol–water partition coefficient (Wildman–Crippen LogP) is 2.72. The summed E-state index contributed by atoms with van der Waals surface area (Å²) >= 11 is 0. The highest BCUT2D eigenvalue weighted by Crippen LogP contribution is 2.35. The van der Waals surface area contributed by atoms with Crippen molar-refractivity contribution in [1.29, 1.82) is 0 Å². The summed E-state index contributed by atoms with van der Waals surface area (Å²) in [6.07, 6.45) is 7.99. The summed E-state index contributed by atoms with van der Waals surface area (Å²) < 4.78 is 5.50. The molecule has 2 aliphatic rings. The number of hydrogen-bond acceptors (Lipinski definition) is 2. The molecule has 0 aromatic carbocycles. The van der Waals surface area contributed by atoms with E-state index in [4.69, 9.17) is 4.74 Å². The number of nitrogens with one attached hydrogen (secondary N) is 1. The summed E-state index contributed by atoms with van der Waals surface area (Å²) in [5.74, 6) is 0. The molecule has 0 radical (unpaired) electrons. The van der Waals surface area contributed by atoms with Crippen LogP contribution in [0.4, 0.5) is 0 Å². The largest absolute Gasteiger partial charge is 0.380 e. The minimum Gasteiger partial charge on any atom is -0.380 e. The molecule has 1 saturated carbocycles. The molecule has 0 bridgehead atoms. The van der Waals surface area contributed by atoms with Crippen molar-refractivity contribution in [1.82, 2.24) is 5.32 Å². The molecule has 1 aliphatic carbocycles. The summed E-state index contributed by atoms with van der Waals surface area (Å²) in [5, 5.41) is 3.77. The van der Waals surface area contributed by atoms with Crippen molar-refractivity contribution in [2.45, 2.75) is 64.5 Å². The van der Waals surface area contributed by atoms with E-state index in [9.17, 15) is 0 Å². The quantitative estimate of drug-likeness (QED) is 0.758. The molecular formula is C13H25NO. The first-order chi connectivity index (χ1) is 7.16. The van der Waals surface area contributed by atoms with Crippen molar-refractivity contribution in [2.75, 3.05) is 13.2 Å². The molecule has 0 aromatic rings. The standard InChI is InChI=1S/C13H25NO/c1-13(2)7-5-11(6-8-13)14-12-4-3-9-15-10-12/h11-12,14H,3-10H2,1-2H3. The van der Waals surface area contributed by atoms with Gasteiger partial charge in [-0.05, 0) is 43.9 Å². The van der Waals surface area contributed by atoms with Gasteiger partial charge < -0.3 is 10.1 Å². The fourth-order valence-corrected chi connectivity index (χ4v) is 2.77. The van der Waals surface area contributed by atoms with Crippen LogP contribution in [-0.4, -0.2) is 25.3 Å². The molecule has 0 spiro atoms. The first-order valence-corrected chi connectivity index (χ1v) is 6.49. The molecule has 1 aliphatic heterocycles. The van der Waals surface area contributed by atoms with Gasteiger partial charge in [-0.25, -0.2) is 0 Å². The Bertz CT molecular complexity index is 187. The number of ether oxygens (including phenoxy) is 1. The molecular weight excluding hydrogens is 186 g/mol. The first-order valence-electron chi connectivity index (χ1n) is 6.49. The maximum Gasteiger partial charge on any atom is 0.0619 e. The van der Waals surface area contributed by atoms with Gasteiger partial charge in [0, 0.05) is 18.7 Å². The molecule has 1 atom stereocenters. The van der Waals surface area contributed by atoms with Crippen molar-refractivity contribution in [3.8, 4) is 0 Å². The Kier molecular flexibility index (Phi) is 3.68. The second-order valence-corrected chi connectivity index (χ2v) is 6.02. The van der Waals surface area contributed by atoms with E-state index in [0.29, 0.717) is 11.5 Å². The number of rotatable bonds is 2. The summed E-state index contributed by atoms with van der Waals surface area (Å²) in [4.78, 5) is 0. The van der Waals surface area contributed by atoms with Gasteiger partial charge in [-0.2, -0.15) is 0 Å². The average molecular weight is 211 g/mol. The lowest BCUT2D eigenvalue weighted by Gasteiger charge is -2.37. The van der Waals surface area contributed by atoms with Crippen LogP contribution < -0.4 is 5.32 Å². The second kappa shape index (κ2) is 4.84. The Morgan fingerprint density at radius 3 is 2.40 bits per heavy atom. The van der Waals surface area contributed by atoms with E-state index in [-0.39, 0.29) is 0 Å². The van der Waals surface area contributed by atoms with E-state index in [2.05, 4.69) is 19.2 Å². The zero-order valence-corrected chi connectivity index (χ0v) is 10.2. The lowest BCUT2D eigenvalue weighted by atomic mass is 9.75. The van der Waals surface area contributed by atoms with Crippen LogP contribution in [0.15, 0.2) is 0 Å². The third kappa shape index (κ3) is 3.46. The zero-order chi connectivity index (χ0) is 10.7. The van der Waals surface area contributed by atoms with Crippen LogP contribution in [-0.2, 0) is 4.74 Å². The Labute approximate surface area is 93.8 Å². The predicted molar refractivity (Wildman–Crippen MR) is 63.0 cm³/mol. The van der Waals surface area contributed by atoms with Gasteiger partial charge >= 0.3 is 0 Å². The van der Waals surface area contributed by atoms with Gasteiger partial charge in [-0.1, -0.05) is 13.8 Å². The fraction of sp³-hybridized carbons (Fsp3) is 1.00. The molecule has 1 saturated heterocycles. The fourth-order valence-electron chi connectivity index (χ4n) is 2.77. The normalized spacial score (nSPS) is 32.8. The van der Waals surface area contributed by atoms with Gasteiger partial charge in [0.15, 0.2) is 0 Å². The maximum absolute atomic E-state index is 5.50. The van der Waals surface area contributed by atoms with Crippen molar-refractivity contribution in [3.63, 3.8) is 0 Å². The van der Waals surface area contributed by atoms with Crippen LogP contribution in [0.25, 0.3) is 0 Å². The highest BCUT2D eigenvalue weighted by atomic mass is 16.5. The Hall–Kier alpha value is -0.0800. The van der Waals surface area contributed by atoms with Crippen LogP contribution in [0.3, 0.4) is 0 Å². The van der Waals surface area contributed by atoms with E-state index in [0.717, 1.165) is 19.3 Å². The summed E-state index contributed by atoms with van der Waals surface area (Å²) in [7, 11) is 0. The van der Waals surface area contributed by atoms with E-state index >= 15 is 0 Å². The summed E-state index contributed by atoms with van der Waals surface area (Å²) in [6.45, 7) is 6.69. The molecule has 2 fully saturated rings. The molecule has 1 N–H and O–H groups in total. The third-order valence-corrected chi connectivity index (χ3v) is 3.97. The van der Waals surface area contributed by atoms with Crippen molar-refractivity contribution in [3.05, 3.63) is 0 Å². The van der Waals surface area contributed by atoms with Crippen LogP contribution in [0.5, 0.6) is 0 Å². The molecule has 2 nitrogen and oxygen atoms in total. The van der Waals surface area contributed by atoms with E-state index < -0.39 is 0 Å². The first kappa shape index (κ1) is 11.4. The van der Waals surface area contributed by atoms with E-state index in [1.54, 1.807) is 0 Å². The molecule has 1 heterocycles.